The molecule has 3 heterocycles. The zero-order valence-electron chi connectivity index (χ0n) is 27.4. The van der Waals surface area contributed by atoms with Gasteiger partial charge in [0.1, 0.15) is 5.75 Å². The van der Waals surface area contributed by atoms with Gasteiger partial charge in [-0.25, -0.2) is 5.01 Å². The summed E-state index contributed by atoms with van der Waals surface area (Å²) in [6, 6.07) is 26.3. The molecule has 0 saturated heterocycles. The molecule has 2 aromatic heterocycles. The van der Waals surface area contributed by atoms with Gasteiger partial charge < -0.3 is 19.5 Å². The lowest BCUT2D eigenvalue weighted by atomic mass is 9.99. The normalized spacial score (nSPS) is 14.0. The molecule has 2 amide bonds. The van der Waals surface area contributed by atoms with Crippen LogP contribution >= 0.6 is 23.1 Å². The van der Waals surface area contributed by atoms with E-state index in [1.165, 1.54) is 11.8 Å². The van der Waals surface area contributed by atoms with Crippen LogP contribution in [-0.2, 0) is 22.6 Å². The molecule has 5 aromatic rings. The summed E-state index contributed by atoms with van der Waals surface area (Å²) in [6.07, 6.45) is 0.771. The molecule has 3 aromatic carbocycles. The summed E-state index contributed by atoms with van der Waals surface area (Å²) >= 11 is 2.84. The summed E-state index contributed by atoms with van der Waals surface area (Å²) in [5.74, 6) is 2.11. The minimum absolute atomic E-state index is 0.0412. The van der Waals surface area contributed by atoms with Gasteiger partial charge in [0.25, 0.3) is 5.91 Å². The van der Waals surface area contributed by atoms with Crippen LogP contribution in [0.1, 0.15) is 41.2 Å². The second-order valence-corrected chi connectivity index (χ2v) is 12.8. The van der Waals surface area contributed by atoms with Gasteiger partial charge in [-0.1, -0.05) is 60.3 Å². The number of thiophene rings is 1. The van der Waals surface area contributed by atoms with Crippen molar-refractivity contribution in [2.75, 3.05) is 26.6 Å². The molecule has 1 aliphatic rings. The van der Waals surface area contributed by atoms with E-state index in [1.807, 2.05) is 102 Å². The lowest BCUT2D eigenvalue weighted by Gasteiger charge is -2.24. The number of hydrogen-bond donors (Lipinski definition) is 1. The first kappa shape index (κ1) is 33.7. The summed E-state index contributed by atoms with van der Waals surface area (Å²) in [5.41, 5.74) is 3.32. The van der Waals surface area contributed by atoms with E-state index < -0.39 is 6.04 Å². The molecule has 0 radical (unpaired) electrons. The van der Waals surface area contributed by atoms with E-state index in [4.69, 9.17) is 19.3 Å². The fourth-order valence-electron chi connectivity index (χ4n) is 5.59. The number of nitrogens with one attached hydrogen (secondary N) is 1. The quantitative estimate of drug-likeness (QED) is 0.139. The van der Waals surface area contributed by atoms with Crippen molar-refractivity contribution >= 4 is 40.6 Å². The monoisotopic (exact) mass is 696 g/mol. The second-order valence-electron chi connectivity index (χ2n) is 11.0. The summed E-state index contributed by atoms with van der Waals surface area (Å²) in [7, 11) is 3.18. The molecular formula is C36H36N6O5S2. The standard InChI is InChI=1S/C36H36N6O5S2/c1-4-47-26-17-15-25(16-18-26)41-32(22-37-33(43)20-24-10-6-5-7-11-24)38-39-36(41)49-23-34(44)42-29(21-28(40-42)31-14-9-19-48-31)27-12-8-13-30(45-2)35(27)46-3/h5-19,29H,4,20-23H2,1-3H3,(H,37,43)/t29-/m1/s1. The topological polar surface area (TPSA) is 120 Å². The molecule has 49 heavy (non-hydrogen) atoms. The van der Waals surface area contributed by atoms with Crippen molar-refractivity contribution in [2.24, 2.45) is 5.10 Å². The van der Waals surface area contributed by atoms with E-state index in [0.29, 0.717) is 35.5 Å². The smallest absolute Gasteiger partial charge is 0.253 e. The number of aromatic nitrogens is 3. The van der Waals surface area contributed by atoms with Gasteiger partial charge in [0.05, 0.1) is 56.2 Å². The Morgan fingerprint density at radius 2 is 1.78 bits per heavy atom. The molecule has 252 valence electrons. The number of hydrazone groups is 1. The number of amides is 2. The van der Waals surface area contributed by atoms with Crippen LogP contribution in [0.25, 0.3) is 5.69 Å². The predicted molar refractivity (Wildman–Crippen MR) is 190 cm³/mol. The molecule has 11 nitrogen and oxygen atoms in total. The lowest BCUT2D eigenvalue weighted by molar-refractivity contribution is -0.130. The minimum atomic E-state index is -0.394. The summed E-state index contributed by atoms with van der Waals surface area (Å²) in [4.78, 5) is 27.8. The second kappa shape index (κ2) is 15.8. The van der Waals surface area contributed by atoms with E-state index in [1.54, 1.807) is 30.6 Å². The van der Waals surface area contributed by atoms with Crippen molar-refractivity contribution in [3.05, 3.63) is 112 Å². The van der Waals surface area contributed by atoms with Gasteiger partial charge in [-0.2, -0.15) is 5.10 Å². The third kappa shape index (κ3) is 7.79. The minimum Gasteiger partial charge on any atom is -0.494 e. The highest BCUT2D eigenvalue weighted by Crippen LogP contribution is 2.42. The Labute approximate surface area is 292 Å². The highest BCUT2D eigenvalue weighted by Gasteiger charge is 2.36. The van der Waals surface area contributed by atoms with Gasteiger partial charge in [0.2, 0.25) is 5.91 Å². The Balaban J connectivity index is 1.25. The van der Waals surface area contributed by atoms with E-state index >= 15 is 0 Å². The first-order chi connectivity index (χ1) is 24.0. The Kier molecular flexibility index (Phi) is 10.9. The average molecular weight is 697 g/mol. The fraction of sp³-hybridized carbons (Fsp3) is 0.250. The van der Waals surface area contributed by atoms with Gasteiger partial charge in [0.15, 0.2) is 22.5 Å². The molecule has 1 N–H and O–H groups in total. The maximum atomic E-state index is 14.0. The first-order valence-electron chi connectivity index (χ1n) is 15.7. The van der Waals surface area contributed by atoms with Crippen LogP contribution in [0.2, 0.25) is 0 Å². The van der Waals surface area contributed by atoms with E-state index in [-0.39, 0.29) is 30.5 Å². The van der Waals surface area contributed by atoms with Crippen molar-refractivity contribution in [1.82, 2.24) is 25.1 Å². The van der Waals surface area contributed by atoms with Gasteiger partial charge in [-0.15, -0.1) is 21.5 Å². The summed E-state index contributed by atoms with van der Waals surface area (Å²) in [6.45, 7) is 2.63. The van der Waals surface area contributed by atoms with Crippen LogP contribution < -0.4 is 19.5 Å². The number of hydrogen-bond acceptors (Lipinski definition) is 10. The highest BCUT2D eigenvalue weighted by atomic mass is 32.2. The largest absolute Gasteiger partial charge is 0.494 e. The zero-order valence-corrected chi connectivity index (χ0v) is 29.0. The number of rotatable bonds is 14. The maximum Gasteiger partial charge on any atom is 0.253 e. The maximum absolute atomic E-state index is 14.0. The third-order valence-electron chi connectivity index (χ3n) is 7.85. The van der Waals surface area contributed by atoms with Gasteiger partial charge in [-0.3, -0.25) is 14.2 Å². The molecule has 13 heteroatoms. The van der Waals surface area contributed by atoms with Gasteiger partial charge in [-0.05, 0) is 54.3 Å². The number of ether oxygens (including phenoxy) is 3. The Morgan fingerprint density at radius 3 is 2.49 bits per heavy atom. The number of methoxy groups -OCH3 is 2. The Bertz CT molecular complexity index is 1910. The number of benzene rings is 3. The number of para-hydroxylation sites is 1. The number of nitrogens with zero attached hydrogens (tertiary/aromatic N) is 5. The number of carbonyl (C=O) groups excluding carboxylic acids is 2. The van der Waals surface area contributed by atoms with Crippen molar-refractivity contribution in [3.63, 3.8) is 0 Å². The molecule has 0 saturated carbocycles. The highest BCUT2D eigenvalue weighted by molar-refractivity contribution is 7.99. The molecule has 1 atom stereocenters. The van der Waals surface area contributed by atoms with Crippen LogP contribution in [0.5, 0.6) is 17.2 Å². The summed E-state index contributed by atoms with van der Waals surface area (Å²) < 4.78 is 18.8. The Morgan fingerprint density at radius 1 is 0.959 bits per heavy atom. The fourth-order valence-corrected chi connectivity index (χ4v) is 7.13. The molecule has 0 aliphatic carbocycles. The van der Waals surface area contributed by atoms with Crippen LogP contribution in [0, 0.1) is 0 Å². The first-order valence-corrected chi connectivity index (χ1v) is 17.6. The van der Waals surface area contributed by atoms with E-state index in [2.05, 4.69) is 15.5 Å². The van der Waals surface area contributed by atoms with Crippen molar-refractivity contribution in [1.29, 1.82) is 0 Å². The molecule has 0 spiro atoms. The molecule has 0 fully saturated rings. The van der Waals surface area contributed by atoms with E-state index in [9.17, 15) is 9.59 Å². The van der Waals surface area contributed by atoms with Gasteiger partial charge >= 0.3 is 0 Å². The average Bonchev–Trinajstić information content (AvgIpc) is 3.91. The van der Waals surface area contributed by atoms with Crippen molar-refractivity contribution in [3.8, 4) is 22.9 Å². The van der Waals surface area contributed by atoms with E-state index in [0.717, 1.165) is 33.2 Å². The molecule has 0 unspecified atom stereocenters. The summed E-state index contributed by atoms with van der Waals surface area (Å²) in [5, 5.41) is 20.7. The lowest BCUT2D eigenvalue weighted by Crippen LogP contribution is -2.29. The van der Waals surface area contributed by atoms with Crippen LogP contribution in [-0.4, -0.2) is 63.9 Å². The van der Waals surface area contributed by atoms with Crippen LogP contribution in [0.3, 0.4) is 0 Å². The molecule has 6 rings (SSSR count). The third-order valence-corrected chi connectivity index (χ3v) is 9.68. The number of carbonyl (C=O) groups is 2. The van der Waals surface area contributed by atoms with Crippen molar-refractivity contribution < 1.29 is 23.8 Å². The molecular weight excluding hydrogens is 661 g/mol. The molecule has 0 bridgehead atoms. The van der Waals surface area contributed by atoms with Crippen LogP contribution in [0.15, 0.2) is 101 Å². The Hall–Kier alpha value is -5.14. The predicted octanol–water partition coefficient (Wildman–Crippen LogP) is 6.07. The van der Waals surface area contributed by atoms with Gasteiger partial charge in [0, 0.05) is 17.7 Å². The molecule has 1 aliphatic heterocycles. The SMILES string of the molecule is CCOc1ccc(-n2c(CNC(=O)Cc3ccccc3)nnc2SCC(=O)N2N=C(c3cccs3)C[C@@H]2c2cccc(OC)c2OC)cc1. The van der Waals surface area contributed by atoms with Crippen molar-refractivity contribution in [2.45, 2.75) is 37.5 Å². The van der Waals surface area contributed by atoms with Crippen LogP contribution in [0.4, 0.5) is 0 Å². The zero-order chi connectivity index (χ0) is 34.2. The number of thioether (sulfide) groups is 1.